The average Bonchev–Trinajstić information content (AvgIpc) is 2.34. The van der Waals surface area contributed by atoms with Gasteiger partial charge in [-0.2, -0.15) is 0 Å². The second-order valence-corrected chi connectivity index (χ2v) is 2.91. The van der Waals surface area contributed by atoms with Gasteiger partial charge in [0.05, 0.1) is 0 Å². The smallest absolute Gasteiger partial charge is 0.407 e. The molecular formula is C7H12N2O3. The quantitative estimate of drug-likeness (QED) is 0.579. The fraction of sp³-hybridized carbons (Fsp3) is 0.714. The second-order valence-electron chi connectivity index (χ2n) is 2.91. The zero-order valence-corrected chi connectivity index (χ0v) is 6.91. The van der Waals surface area contributed by atoms with Crippen LogP contribution in [0.15, 0.2) is 0 Å². The van der Waals surface area contributed by atoms with Gasteiger partial charge in [0.25, 0.3) is 0 Å². The molecule has 0 bridgehead atoms. The topological polar surface area (TPSA) is 69.6 Å². The Morgan fingerprint density at radius 1 is 1.58 bits per heavy atom. The van der Waals surface area contributed by atoms with Crippen molar-refractivity contribution in [2.75, 3.05) is 13.1 Å². The summed E-state index contributed by atoms with van der Waals surface area (Å²) in [6, 6.07) is -0.00130. The Morgan fingerprint density at radius 2 is 2.25 bits per heavy atom. The molecule has 0 spiro atoms. The highest BCUT2D eigenvalue weighted by Crippen LogP contribution is 2.08. The maximum atomic E-state index is 10.6. The van der Waals surface area contributed by atoms with E-state index in [0.29, 0.717) is 19.5 Å². The van der Waals surface area contributed by atoms with Crippen molar-refractivity contribution in [3.63, 3.8) is 0 Å². The summed E-state index contributed by atoms with van der Waals surface area (Å²) in [7, 11) is 0. The molecule has 0 radical (unpaired) electrons. The summed E-state index contributed by atoms with van der Waals surface area (Å²) >= 11 is 0. The molecular weight excluding hydrogens is 160 g/mol. The fourth-order valence-electron chi connectivity index (χ4n) is 1.34. The molecule has 2 amide bonds. The minimum atomic E-state index is -0.914. The number of carbonyl (C=O) groups excluding carboxylic acids is 1. The predicted octanol–water partition coefficient (Wildman–Crippen LogP) is -0.125. The Hall–Kier alpha value is -1.26. The largest absolute Gasteiger partial charge is 0.465 e. The zero-order chi connectivity index (χ0) is 9.14. The van der Waals surface area contributed by atoms with Crippen LogP contribution in [0.4, 0.5) is 4.79 Å². The number of amides is 2. The maximum absolute atomic E-state index is 10.6. The van der Waals surface area contributed by atoms with Crippen LogP contribution in [0.2, 0.25) is 0 Å². The Kier molecular flexibility index (Phi) is 2.52. The second kappa shape index (κ2) is 3.42. The van der Waals surface area contributed by atoms with E-state index in [1.807, 2.05) is 0 Å². The Bertz CT molecular complexity index is 205. The zero-order valence-electron chi connectivity index (χ0n) is 6.91. The number of carbonyl (C=O) groups is 2. The molecule has 1 saturated heterocycles. The lowest BCUT2D eigenvalue weighted by Gasteiger charge is -2.12. The molecule has 5 nitrogen and oxygen atoms in total. The molecule has 0 aliphatic carbocycles. The van der Waals surface area contributed by atoms with Crippen molar-refractivity contribution in [1.29, 1.82) is 0 Å². The van der Waals surface area contributed by atoms with Gasteiger partial charge in [0, 0.05) is 26.1 Å². The highest BCUT2D eigenvalue weighted by Gasteiger charge is 2.25. The van der Waals surface area contributed by atoms with Gasteiger partial charge in [0.1, 0.15) is 0 Å². The Morgan fingerprint density at radius 3 is 2.67 bits per heavy atom. The molecule has 1 fully saturated rings. The van der Waals surface area contributed by atoms with Crippen LogP contribution in [0.1, 0.15) is 13.3 Å². The summed E-state index contributed by atoms with van der Waals surface area (Å²) in [5, 5.41) is 11.3. The number of carboxylic acid groups (broad SMARTS) is 1. The normalized spacial score (nSPS) is 22.4. The van der Waals surface area contributed by atoms with Gasteiger partial charge >= 0.3 is 6.09 Å². The average molecular weight is 172 g/mol. The number of nitrogens with zero attached hydrogens (tertiary/aromatic N) is 1. The Labute approximate surface area is 70.4 Å². The fourth-order valence-corrected chi connectivity index (χ4v) is 1.34. The minimum absolute atomic E-state index is 0.00130. The molecule has 0 aromatic carbocycles. The standard InChI is InChI=1S/C7H12N2O3/c1-5(10)8-6-2-3-9(4-6)7(11)12/h6H,2-4H2,1H3,(H,8,10)(H,11,12)/t6-/m0/s1. The molecule has 0 saturated carbocycles. The molecule has 0 aromatic rings. The summed E-state index contributed by atoms with van der Waals surface area (Å²) in [5.74, 6) is -0.104. The summed E-state index contributed by atoms with van der Waals surface area (Å²) < 4.78 is 0. The summed E-state index contributed by atoms with van der Waals surface area (Å²) in [6.07, 6.45) is -0.200. The van der Waals surface area contributed by atoms with Crippen LogP contribution in [0.5, 0.6) is 0 Å². The van der Waals surface area contributed by atoms with Crippen molar-refractivity contribution < 1.29 is 14.7 Å². The van der Waals surface area contributed by atoms with Gasteiger partial charge in [-0.25, -0.2) is 4.79 Å². The van der Waals surface area contributed by atoms with E-state index >= 15 is 0 Å². The van der Waals surface area contributed by atoms with Crippen LogP contribution in [-0.4, -0.2) is 41.1 Å². The molecule has 1 aliphatic heterocycles. The first-order chi connectivity index (χ1) is 5.59. The van der Waals surface area contributed by atoms with E-state index in [0.717, 1.165) is 0 Å². The van der Waals surface area contributed by atoms with Gasteiger partial charge in [-0.05, 0) is 6.42 Å². The van der Waals surface area contributed by atoms with E-state index in [9.17, 15) is 9.59 Å². The third kappa shape index (κ3) is 2.11. The van der Waals surface area contributed by atoms with E-state index in [2.05, 4.69) is 5.32 Å². The monoisotopic (exact) mass is 172 g/mol. The number of hydrogen-bond donors (Lipinski definition) is 2. The SMILES string of the molecule is CC(=O)N[C@H]1CCN(C(=O)O)C1. The summed E-state index contributed by atoms with van der Waals surface area (Å²) in [6.45, 7) is 2.36. The molecule has 2 N–H and O–H groups in total. The predicted molar refractivity (Wildman–Crippen MR) is 41.8 cm³/mol. The van der Waals surface area contributed by atoms with Gasteiger partial charge < -0.3 is 15.3 Å². The number of likely N-dealkylation sites (tertiary alicyclic amines) is 1. The Balaban J connectivity index is 2.35. The molecule has 0 aromatic heterocycles. The minimum Gasteiger partial charge on any atom is -0.465 e. The molecule has 5 heteroatoms. The first-order valence-corrected chi connectivity index (χ1v) is 3.84. The van der Waals surface area contributed by atoms with Crippen molar-refractivity contribution in [2.45, 2.75) is 19.4 Å². The van der Waals surface area contributed by atoms with Crippen LogP contribution in [0.3, 0.4) is 0 Å². The maximum Gasteiger partial charge on any atom is 0.407 e. The molecule has 1 atom stereocenters. The highest BCUT2D eigenvalue weighted by molar-refractivity contribution is 5.73. The van der Waals surface area contributed by atoms with Crippen LogP contribution < -0.4 is 5.32 Å². The van der Waals surface area contributed by atoms with E-state index in [-0.39, 0.29) is 11.9 Å². The van der Waals surface area contributed by atoms with Gasteiger partial charge in [0.15, 0.2) is 0 Å². The number of hydrogen-bond acceptors (Lipinski definition) is 2. The third-order valence-corrected chi connectivity index (χ3v) is 1.87. The lowest BCUT2D eigenvalue weighted by molar-refractivity contribution is -0.119. The van der Waals surface area contributed by atoms with Crippen molar-refractivity contribution >= 4 is 12.0 Å². The third-order valence-electron chi connectivity index (χ3n) is 1.87. The molecule has 68 valence electrons. The number of nitrogens with one attached hydrogen (secondary N) is 1. The van der Waals surface area contributed by atoms with E-state index in [1.54, 1.807) is 0 Å². The van der Waals surface area contributed by atoms with Crippen LogP contribution in [-0.2, 0) is 4.79 Å². The molecule has 1 aliphatic rings. The summed E-state index contributed by atoms with van der Waals surface area (Å²) in [5.41, 5.74) is 0. The van der Waals surface area contributed by atoms with Gasteiger partial charge in [-0.15, -0.1) is 0 Å². The lowest BCUT2D eigenvalue weighted by Crippen LogP contribution is -2.36. The van der Waals surface area contributed by atoms with Crippen molar-refractivity contribution in [3.05, 3.63) is 0 Å². The van der Waals surface area contributed by atoms with Gasteiger partial charge in [-0.1, -0.05) is 0 Å². The van der Waals surface area contributed by atoms with Crippen molar-refractivity contribution in [2.24, 2.45) is 0 Å². The highest BCUT2D eigenvalue weighted by atomic mass is 16.4. The molecule has 0 unspecified atom stereocenters. The van der Waals surface area contributed by atoms with Crippen molar-refractivity contribution in [3.8, 4) is 0 Å². The molecule has 12 heavy (non-hydrogen) atoms. The van der Waals surface area contributed by atoms with E-state index < -0.39 is 6.09 Å². The van der Waals surface area contributed by atoms with E-state index in [1.165, 1.54) is 11.8 Å². The van der Waals surface area contributed by atoms with Crippen LogP contribution in [0.25, 0.3) is 0 Å². The molecule has 1 rings (SSSR count). The lowest BCUT2D eigenvalue weighted by atomic mass is 10.3. The van der Waals surface area contributed by atoms with Crippen LogP contribution >= 0.6 is 0 Å². The summed E-state index contributed by atoms with van der Waals surface area (Å²) in [4.78, 5) is 22.4. The van der Waals surface area contributed by atoms with Gasteiger partial charge in [0.2, 0.25) is 5.91 Å². The van der Waals surface area contributed by atoms with Gasteiger partial charge in [-0.3, -0.25) is 4.79 Å². The van der Waals surface area contributed by atoms with Crippen LogP contribution in [0, 0.1) is 0 Å². The van der Waals surface area contributed by atoms with Crippen molar-refractivity contribution in [1.82, 2.24) is 10.2 Å². The first kappa shape index (κ1) is 8.83. The first-order valence-electron chi connectivity index (χ1n) is 3.84. The van der Waals surface area contributed by atoms with E-state index in [4.69, 9.17) is 5.11 Å². The number of rotatable bonds is 1. The molecule has 1 heterocycles.